The van der Waals surface area contributed by atoms with Gasteiger partial charge in [0.1, 0.15) is 5.82 Å². The van der Waals surface area contributed by atoms with Crippen LogP contribution in [0.4, 0.5) is 4.39 Å². The van der Waals surface area contributed by atoms with Crippen molar-refractivity contribution >= 4 is 11.7 Å². The van der Waals surface area contributed by atoms with Crippen LogP contribution in [0.25, 0.3) is 0 Å². The molecule has 1 aromatic rings. The molecule has 4 heteroatoms. The molecule has 0 aliphatic carbocycles. The number of ether oxygens (including phenoxy) is 1. The largest absolute Gasteiger partial charge is 0.466 e. The van der Waals surface area contributed by atoms with E-state index in [9.17, 15) is 9.18 Å². The maximum Gasteiger partial charge on any atom is 0.305 e. The van der Waals surface area contributed by atoms with Crippen LogP contribution in [-0.4, -0.2) is 18.3 Å². The number of hydrogen-bond acceptors (Lipinski definition) is 3. The van der Waals surface area contributed by atoms with Gasteiger partial charge < -0.3 is 4.74 Å². The van der Waals surface area contributed by atoms with Gasteiger partial charge >= 0.3 is 5.97 Å². The normalized spacial score (nSPS) is 11.8. The van der Waals surface area contributed by atoms with Crippen LogP contribution in [0.1, 0.15) is 45.6 Å². The van der Waals surface area contributed by atoms with E-state index in [4.69, 9.17) is 4.74 Å². The van der Waals surface area contributed by atoms with Crippen molar-refractivity contribution in [1.82, 2.24) is 0 Å². The van der Waals surface area contributed by atoms with E-state index in [2.05, 4.69) is 18.8 Å². The highest BCUT2D eigenvalue weighted by molar-refractivity contribution is 5.86. The fourth-order valence-electron chi connectivity index (χ4n) is 1.98. The Morgan fingerprint density at radius 1 is 1.24 bits per heavy atom. The highest BCUT2D eigenvalue weighted by atomic mass is 19.1. The summed E-state index contributed by atoms with van der Waals surface area (Å²) in [5.74, 6) is -0.0481. The molecule has 0 bridgehead atoms. The Balaban J connectivity index is 2.50. The number of carbonyl (C=O) groups is 1. The average Bonchev–Trinajstić information content (AvgIpc) is 2.44. The van der Waals surface area contributed by atoms with Gasteiger partial charge in [0.05, 0.1) is 13.2 Å². The van der Waals surface area contributed by atoms with Gasteiger partial charge in [-0.1, -0.05) is 26.0 Å². The molecular weight excluding hydrogens is 269 g/mol. The zero-order valence-electron chi connectivity index (χ0n) is 13.1. The highest BCUT2D eigenvalue weighted by Crippen LogP contribution is 2.11. The molecule has 0 aromatic heterocycles. The fraction of sp³-hybridized carbons (Fsp3) is 0.529. The number of aliphatic imine (C=N–C) groups is 1. The molecule has 0 fully saturated rings. The summed E-state index contributed by atoms with van der Waals surface area (Å²) in [6.45, 7) is 6.96. The first-order chi connectivity index (χ1) is 10.0. The summed E-state index contributed by atoms with van der Waals surface area (Å²) in [4.78, 5) is 15.9. The standard InChI is InChI=1S/C17H24FNO2/c1-4-21-17(20)7-5-6-16(13(2)3)19-12-14-8-10-15(18)11-9-14/h8-11,13H,4-7,12H2,1-3H3. The summed E-state index contributed by atoms with van der Waals surface area (Å²) in [5, 5.41) is 0. The predicted octanol–water partition coefficient (Wildman–Crippen LogP) is 4.16. The minimum Gasteiger partial charge on any atom is -0.466 e. The van der Waals surface area contributed by atoms with Gasteiger partial charge in [-0.15, -0.1) is 0 Å². The van der Waals surface area contributed by atoms with Crippen molar-refractivity contribution < 1.29 is 13.9 Å². The minimum absolute atomic E-state index is 0.154. The van der Waals surface area contributed by atoms with Gasteiger partial charge in [-0.2, -0.15) is 0 Å². The summed E-state index contributed by atoms with van der Waals surface area (Å²) in [6.07, 6.45) is 1.97. The molecule has 0 heterocycles. The van der Waals surface area contributed by atoms with Crippen molar-refractivity contribution in [2.75, 3.05) is 6.61 Å². The van der Waals surface area contributed by atoms with Crippen molar-refractivity contribution in [2.24, 2.45) is 10.9 Å². The molecule has 3 nitrogen and oxygen atoms in total. The zero-order valence-corrected chi connectivity index (χ0v) is 13.1. The maximum absolute atomic E-state index is 12.8. The number of rotatable bonds is 8. The zero-order chi connectivity index (χ0) is 15.7. The minimum atomic E-state index is -0.235. The number of benzene rings is 1. The Bertz CT molecular complexity index is 466. The van der Waals surface area contributed by atoms with Crippen LogP contribution in [-0.2, 0) is 16.1 Å². The molecule has 21 heavy (non-hydrogen) atoms. The third-order valence-corrected chi connectivity index (χ3v) is 3.16. The second-order valence-corrected chi connectivity index (χ2v) is 5.25. The molecule has 0 aliphatic heterocycles. The lowest BCUT2D eigenvalue weighted by atomic mass is 10.0. The molecule has 1 aromatic carbocycles. The van der Waals surface area contributed by atoms with E-state index >= 15 is 0 Å². The lowest BCUT2D eigenvalue weighted by Gasteiger charge is -2.10. The summed E-state index contributed by atoms with van der Waals surface area (Å²) in [5.41, 5.74) is 2.07. The molecule has 0 atom stereocenters. The molecule has 0 aliphatic rings. The van der Waals surface area contributed by atoms with Crippen LogP contribution in [0.2, 0.25) is 0 Å². The number of carbonyl (C=O) groups excluding carboxylic acids is 1. The molecule has 0 spiro atoms. The van der Waals surface area contributed by atoms with Crippen LogP contribution in [0.5, 0.6) is 0 Å². The topological polar surface area (TPSA) is 38.7 Å². The van der Waals surface area contributed by atoms with Gasteiger partial charge in [-0.05, 0) is 43.4 Å². The lowest BCUT2D eigenvalue weighted by molar-refractivity contribution is -0.143. The first-order valence-corrected chi connectivity index (χ1v) is 7.46. The van der Waals surface area contributed by atoms with E-state index < -0.39 is 0 Å². The third-order valence-electron chi connectivity index (χ3n) is 3.16. The van der Waals surface area contributed by atoms with Crippen LogP contribution < -0.4 is 0 Å². The Hall–Kier alpha value is -1.71. The summed E-state index contributed by atoms with van der Waals surface area (Å²) in [6, 6.07) is 6.38. The summed E-state index contributed by atoms with van der Waals surface area (Å²) in [7, 11) is 0. The van der Waals surface area contributed by atoms with Crippen molar-refractivity contribution in [3.8, 4) is 0 Å². The summed E-state index contributed by atoms with van der Waals surface area (Å²) >= 11 is 0. The van der Waals surface area contributed by atoms with Gasteiger partial charge in [0.15, 0.2) is 0 Å². The van der Waals surface area contributed by atoms with E-state index in [1.165, 1.54) is 12.1 Å². The van der Waals surface area contributed by atoms with Gasteiger partial charge in [0.25, 0.3) is 0 Å². The lowest BCUT2D eigenvalue weighted by Crippen LogP contribution is -2.10. The molecule has 1 rings (SSSR count). The Labute approximate surface area is 126 Å². The monoisotopic (exact) mass is 293 g/mol. The van der Waals surface area contributed by atoms with E-state index in [0.717, 1.165) is 24.1 Å². The van der Waals surface area contributed by atoms with Gasteiger partial charge in [0.2, 0.25) is 0 Å². The SMILES string of the molecule is CCOC(=O)CCCC(=NCc1ccc(F)cc1)C(C)C. The summed E-state index contributed by atoms with van der Waals surface area (Å²) < 4.78 is 17.7. The second-order valence-electron chi connectivity index (χ2n) is 5.25. The highest BCUT2D eigenvalue weighted by Gasteiger charge is 2.08. The van der Waals surface area contributed by atoms with Gasteiger partial charge in [0, 0.05) is 12.1 Å². The van der Waals surface area contributed by atoms with Crippen molar-refractivity contribution in [3.63, 3.8) is 0 Å². The molecule has 0 saturated heterocycles. The van der Waals surface area contributed by atoms with Crippen molar-refractivity contribution in [1.29, 1.82) is 0 Å². The van der Waals surface area contributed by atoms with Crippen LogP contribution in [0.15, 0.2) is 29.3 Å². The molecule has 0 saturated carbocycles. The Morgan fingerprint density at radius 2 is 1.90 bits per heavy atom. The van der Waals surface area contributed by atoms with Crippen molar-refractivity contribution in [2.45, 2.75) is 46.6 Å². The number of esters is 1. The molecule has 0 radical (unpaired) electrons. The second kappa shape index (κ2) is 9.27. The number of halogens is 1. The average molecular weight is 293 g/mol. The number of nitrogens with zero attached hydrogens (tertiary/aromatic N) is 1. The first-order valence-electron chi connectivity index (χ1n) is 7.46. The fourth-order valence-corrected chi connectivity index (χ4v) is 1.98. The molecule has 0 unspecified atom stereocenters. The quantitative estimate of drug-likeness (QED) is 0.533. The maximum atomic E-state index is 12.8. The van der Waals surface area contributed by atoms with E-state index in [-0.39, 0.29) is 11.8 Å². The van der Waals surface area contributed by atoms with E-state index in [1.54, 1.807) is 12.1 Å². The van der Waals surface area contributed by atoms with Crippen LogP contribution in [0.3, 0.4) is 0 Å². The van der Waals surface area contributed by atoms with E-state index in [0.29, 0.717) is 25.5 Å². The Kier molecular flexibility index (Phi) is 7.65. The van der Waals surface area contributed by atoms with Crippen molar-refractivity contribution in [3.05, 3.63) is 35.6 Å². The predicted molar refractivity (Wildman–Crippen MR) is 82.9 cm³/mol. The van der Waals surface area contributed by atoms with Gasteiger partial charge in [-0.25, -0.2) is 4.39 Å². The van der Waals surface area contributed by atoms with Crippen LogP contribution in [0, 0.1) is 11.7 Å². The molecule has 0 N–H and O–H groups in total. The first kappa shape index (κ1) is 17.3. The number of hydrogen-bond donors (Lipinski definition) is 0. The van der Waals surface area contributed by atoms with E-state index in [1.807, 2.05) is 6.92 Å². The van der Waals surface area contributed by atoms with Crippen LogP contribution >= 0.6 is 0 Å². The molecule has 0 amide bonds. The third kappa shape index (κ3) is 7.02. The van der Waals surface area contributed by atoms with Gasteiger partial charge in [-0.3, -0.25) is 9.79 Å². The molecular formula is C17H24FNO2. The smallest absolute Gasteiger partial charge is 0.305 e. The molecule has 116 valence electrons. The Morgan fingerprint density at radius 3 is 2.48 bits per heavy atom.